The fourth-order valence-corrected chi connectivity index (χ4v) is 2.72. The summed E-state index contributed by atoms with van der Waals surface area (Å²) in [4.78, 5) is 25.4. The maximum atomic E-state index is 12.7. The molecule has 6 heteroatoms. The number of hydrogen-bond donors (Lipinski definition) is 1. The molecule has 1 fully saturated rings. The van der Waals surface area contributed by atoms with E-state index in [4.69, 9.17) is 5.73 Å². The van der Waals surface area contributed by atoms with Gasteiger partial charge in [-0.2, -0.15) is 0 Å². The number of aromatic nitrogens is 1. The van der Waals surface area contributed by atoms with E-state index in [1.165, 1.54) is 4.90 Å². The first-order valence-electron chi connectivity index (χ1n) is 6.83. The Balaban J connectivity index is 2.23. The number of carbonyl (C=O) groups excluding carboxylic acids is 2. The van der Waals surface area contributed by atoms with Gasteiger partial charge in [-0.05, 0) is 40.8 Å². The Hall–Kier alpha value is -1.30. The molecule has 2 rings (SSSR count). The molecule has 0 bridgehead atoms. The van der Waals surface area contributed by atoms with Crippen LogP contribution in [0.25, 0.3) is 0 Å². The van der Waals surface area contributed by atoms with Crippen molar-refractivity contribution in [3.63, 3.8) is 0 Å². The van der Waals surface area contributed by atoms with Crippen LogP contribution in [0.3, 0.4) is 0 Å². The van der Waals surface area contributed by atoms with Crippen LogP contribution >= 0.6 is 15.9 Å². The second-order valence-corrected chi connectivity index (χ2v) is 6.64. The van der Waals surface area contributed by atoms with Crippen LogP contribution < -0.4 is 5.73 Å². The maximum absolute atomic E-state index is 12.7. The number of nitrogens with two attached hydrogens (primary N) is 1. The van der Waals surface area contributed by atoms with Crippen molar-refractivity contribution in [2.24, 2.45) is 11.7 Å². The summed E-state index contributed by atoms with van der Waals surface area (Å²) in [5.41, 5.74) is 5.88. The minimum atomic E-state index is -0.484. The van der Waals surface area contributed by atoms with Gasteiger partial charge in [-0.25, -0.2) is 0 Å². The van der Waals surface area contributed by atoms with Crippen molar-refractivity contribution in [1.29, 1.82) is 0 Å². The third-order valence-corrected chi connectivity index (χ3v) is 3.63. The van der Waals surface area contributed by atoms with Crippen LogP contribution in [0.2, 0.25) is 0 Å². The predicted octanol–water partition coefficient (Wildman–Crippen LogP) is 2.17. The fraction of sp³-hybridized carbons (Fsp3) is 0.571. The Bertz CT molecular complexity index is 520. The lowest BCUT2D eigenvalue weighted by Crippen LogP contribution is -2.41. The Morgan fingerprint density at radius 2 is 2.15 bits per heavy atom. The monoisotopic (exact) mass is 341 g/mol. The first-order chi connectivity index (χ1) is 9.38. The van der Waals surface area contributed by atoms with E-state index in [1.807, 2.05) is 30.7 Å². The molecule has 0 spiro atoms. The molecule has 0 atom stereocenters. The quantitative estimate of drug-likeness (QED) is 0.861. The number of hydrogen-bond acceptors (Lipinski definition) is 2. The topological polar surface area (TPSA) is 68.3 Å². The lowest BCUT2D eigenvalue weighted by Gasteiger charge is -2.23. The van der Waals surface area contributed by atoms with E-state index in [-0.39, 0.29) is 18.4 Å². The molecule has 1 aromatic heterocycles. The summed E-state index contributed by atoms with van der Waals surface area (Å²) in [6, 6.07) is 2.23. The molecule has 2 amide bonds. The molecule has 20 heavy (non-hydrogen) atoms. The lowest BCUT2D eigenvalue weighted by molar-refractivity contribution is -0.118. The van der Waals surface area contributed by atoms with Gasteiger partial charge in [0.15, 0.2) is 0 Å². The van der Waals surface area contributed by atoms with Crippen LogP contribution in [-0.4, -0.2) is 34.4 Å². The average molecular weight is 342 g/mol. The molecule has 0 aliphatic heterocycles. The molecule has 2 N–H and O–H groups in total. The van der Waals surface area contributed by atoms with E-state index in [0.29, 0.717) is 18.3 Å². The van der Waals surface area contributed by atoms with Gasteiger partial charge in [-0.15, -0.1) is 0 Å². The third-order valence-electron chi connectivity index (χ3n) is 3.19. The summed E-state index contributed by atoms with van der Waals surface area (Å²) in [6.07, 6.45) is 4.13. The molecule has 1 aliphatic carbocycles. The Labute approximate surface area is 127 Å². The van der Waals surface area contributed by atoms with Crippen molar-refractivity contribution >= 4 is 27.7 Å². The first kappa shape index (κ1) is 15.1. The zero-order chi connectivity index (χ0) is 14.9. The molecular weight excluding hydrogens is 322 g/mol. The second-order valence-electron chi connectivity index (χ2n) is 5.73. The predicted molar refractivity (Wildman–Crippen MR) is 80.3 cm³/mol. The lowest BCUT2D eigenvalue weighted by atomic mass is 10.2. The van der Waals surface area contributed by atoms with Crippen LogP contribution in [0, 0.1) is 5.92 Å². The largest absolute Gasteiger partial charge is 0.368 e. The van der Waals surface area contributed by atoms with Crippen LogP contribution in [0.4, 0.5) is 0 Å². The summed E-state index contributed by atoms with van der Waals surface area (Å²) >= 11 is 3.42. The number of primary amides is 1. The van der Waals surface area contributed by atoms with E-state index in [9.17, 15) is 9.59 Å². The minimum absolute atomic E-state index is 0.0372. The van der Waals surface area contributed by atoms with Crippen molar-refractivity contribution in [3.05, 3.63) is 22.4 Å². The van der Waals surface area contributed by atoms with Crippen LogP contribution in [0.1, 0.15) is 43.2 Å². The highest BCUT2D eigenvalue weighted by Gasteiger charge is 2.30. The number of rotatable bonds is 6. The third kappa shape index (κ3) is 3.62. The molecular formula is C14H20BrN3O2. The van der Waals surface area contributed by atoms with Gasteiger partial charge < -0.3 is 15.2 Å². The number of amides is 2. The maximum Gasteiger partial charge on any atom is 0.271 e. The molecule has 0 unspecified atom stereocenters. The SMILES string of the molecule is CC(C)CN(CC(N)=O)C(=O)c1cc(Br)cn1C1CC1. The van der Waals surface area contributed by atoms with Gasteiger partial charge in [0.25, 0.3) is 5.91 Å². The normalized spacial score (nSPS) is 14.6. The molecule has 0 saturated heterocycles. The summed E-state index contributed by atoms with van der Waals surface area (Å²) < 4.78 is 2.89. The zero-order valence-corrected chi connectivity index (χ0v) is 13.4. The molecule has 1 heterocycles. The van der Waals surface area contributed by atoms with E-state index < -0.39 is 5.91 Å². The van der Waals surface area contributed by atoms with E-state index in [2.05, 4.69) is 15.9 Å². The van der Waals surface area contributed by atoms with Crippen LogP contribution in [-0.2, 0) is 4.79 Å². The Morgan fingerprint density at radius 1 is 1.50 bits per heavy atom. The molecule has 1 aliphatic rings. The van der Waals surface area contributed by atoms with Crippen molar-refractivity contribution in [2.45, 2.75) is 32.7 Å². The summed E-state index contributed by atoms with van der Waals surface area (Å²) in [5.74, 6) is -0.330. The molecule has 0 aromatic carbocycles. The summed E-state index contributed by atoms with van der Waals surface area (Å²) in [7, 11) is 0. The van der Waals surface area contributed by atoms with Crippen LogP contribution in [0.5, 0.6) is 0 Å². The van der Waals surface area contributed by atoms with Crippen LogP contribution in [0.15, 0.2) is 16.7 Å². The standard InChI is InChI=1S/C14H20BrN3O2/c1-9(2)6-17(8-13(16)19)14(20)12-5-10(15)7-18(12)11-3-4-11/h5,7,9,11H,3-4,6,8H2,1-2H3,(H2,16,19). The smallest absolute Gasteiger partial charge is 0.271 e. The molecule has 110 valence electrons. The first-order valence-corrected chi connectivity index (χ1v) is 7.62. The zero-order valence-electron chi connectivity index (χ0n) is 11.8. The highest BCUT2D eigenvalue weighted by molar-refractivity contribution is 9.10. The second kappa shape index (κ2) is 5.99. The van der Waals surface area contributed by atoms with Crippen molar-refractivity contribution < 1.29 is 9.59 Å². The van der Waals surface area contributed by atoms with Gasteiger partial charge in [0.05, 0.1) is 6.54 Å². The van der Waals surface area contributed by atoms with Crippen molar-refractivity contribution in [2.75, 3.05) is 13.1 Å². The van der Waals surface area contributed by atoms with E-state index >= 15 is 0 Å². The van der Waals surface area contributed by atoms with E-state index in [0.717, 1.165) is 17.3 Å². The summed E-state index contributed by atoms with van der Waals surface area (Å²) in [5, 5.41) is 0. The molecule has 0 radical (unpaired) electrons. The fourth-order valence-electron chi connectivity index (χ4n) is 2.28. The van der Waals surface area contributed by atoms with E-state index in [1.54, 1.807) is 0 Å². The van der Waals surface area contributed by atoms with Gasteiger partial charge in [-0.1, -0.05) is 13.8 Å². The highest BCUT2D eigenvalue weighted by Crippen LogP contribution is 2.37. The Kier molecular flexibility index (Phi) is 4.52. The summed E-state index contributed by atoms with van der Waals surface area (Å²) in [6.45, 7) is 4.51. The average Bonchev–Trinajstić information content (AvgIpc) is 3.09. The Morgan fingerprint density at radius 3 is 2.65 bits per heavy atom. The number of halogens is 1. The van der Waals surface area contributed by atoms with Gasteiger partial charge in [0.2, 0.25) is 5.91 Å². The molecule has 1 aromatic rings. The van der Waals surface area contributed by atoms with Crippen molar-refractivity contribution in [3.8, 4) is 0 Å². The minimum Gasteiger partial charge on any atom is -0.368 e. The van der Waals surface area contributed by atoms with Gasteiger partial charge in [-0.3, -0.25) is 9.59 Å². The van der Waals surface area contributed by atoms with Gasteiger partial charge in [0, 0.05) is 23.3 Å². The number of carbonyl (C=O) groups is 2. The molecule has 1 saturated carbocycles. The highest BCUT2D eigenvalue weighted by atomic mass is 79.9. The number of nitrogens with zero attached hydrogens (tertiary/aromatic N) is 2. The van der Waals surface area contributed by atoms with Crippen molar-refractivity contribution in [1.82, 2.24) is 9.47 Å². The molecule has 5 nitrogen and oxygen atoms in total. The van der Waals surface area contributed by atoms with Gasteiger partial charge in [0.1, 0.15) is 5.69 Å². The van der Waals surface area contributed by atoms with Gasteiger partial charge >= 0.3 is 0 Å².